The molecule has 0 spiro atoms. The Hall–Kier alpha value is -2.01. The molecule has 0 unspecified atom stereocenters. The molecule has 0 saturated carbocycles. The highest BCUT2D eigenvalue weighted by atomic mass is 16.6. The molecule has 2 N–H and O–H groups in total. The van der Waals surface area contributed by atoms with Crippen LogP contribution in [0.5, 0.6) is 17.2 Å². The minimum absolute atomic E-state index is 0.0836. The highest BCUT2D eigenvalue weighted by Gasteiger charge is 2.15. The highest BCUT2D eigenvalue weighted by Crippen LogP contribution is 2.39. The second-order valence-electron chi connectivity index (χ2n) is 3.21. The van der Waals surface area contributed by atoms with Crippen molar-refractivity contribution in [2.24, 2.45) is 0 Å². The topological polar surface area (TPSA) is 76.0 Å². The second-order valence-corrected chi connectivity index (χ2v) is 3.21. The number of phenols is 1. The van der Waals surface area contributed by atoms with E-state index in [2.05, 4.69) is 0 Å². The van der Waals surface area contributed by atoms with Gasteiger partial charge in [0.05, 0.1) is 13.7 Å². The van der Waals surface area contributed by atoms with Crippen LogP contribution in [0.4, 0.5) is 0 Å². The lowest BCUT2D eigenvalue weighted by Gasteiger charge is -2.12. The van der Waals surface area contributed by atoms with Crippen LogP contribution >= 0.6 is 0 Å². The Morgan fingerprint density at radius 2 is 2.12 bits per heavy atom. The Bertz CT molecular complexity index is 437. The molecule has 0 atom stereocenters. The molecule has 0 aliphatic carbocycles. The second kappa shape index (κ2) is 5.91. The molecule has 17 heavy (non-hydrogen) atoms. The first kappa shape index (κ1) is 13.1. The fourth-order valence-corrected chi connectivity index (χ4v) is 1.32. The lowest BCUT2D eigenvalue weighted by Crippen LogP contribution is -2.04. The van der Waals surface area contributed by atoms with Crippen LogP contribution in [0.3, 0.4) is 0 Å². The number of ether oxygens (including phenoxy) is 2. The zero-order valence-corrected chi connectivity index (χ0v) is 9.64. The third-order valence-electron chi connectivity index (χ3n) is 1.97. The third-order valence-corrected chi connectivity index (χ3v) is 1.97. The van der Waals surface area contributed by atoms with Crippen LogP contribution in [0, 0.1) is 0 Å². The number of carbonyl (C=O) groups excluding carboxylic acids is 1. The van der Waals surface area contributed by atoms with E-state index in [0.29, 0.717) is 5.56 Å². The van der Waals surface area contributed by atoms with E-state index in [0.717, 1.165) is 0 Å². The number of esters is 1. The van der Waals surface area contributed by atoms with E-state index in [4.69, 9.17) is 14.6 Å². The Balaban J connectivity index is 3.28. The van der Waals surface area contributed by atoms with Crippen LogP contribution in [0.15, 0.2) is 18.2 Å². The summed E-state index contributed by atoms with van der Waals surface area (Å²) in [4.78, 5) is 11.0. The van der Waals surface area contributed by atoms with Gasteiger partial charge in [0.25, 0.3) is 0 Å². The SMILES string of the molecule is COc1c(O)ccc(/C=C/CO)c1OC(C)=O. The number of methoxy groups -OCH3 is 1. The minimum atomic E-state index is -0.521. The van der Waals surface area contributed by atoms with Gasteiger partial charge in [0.2, 0.25) is 5.75 Å². The van der Waals surface area contributed by atoms with Gasteiger partial charge >= 0.3 is 5.97 Å². The summed E-state index contributed by atoms with van der Waals surface area (Å²) in [5, 5.41) is 18.3. The van der Waals surface area contributed by atoms with Crippen LogP contribution in [-0.2, 0) is 4.79 Å². The molecular formula is C12H14O5. The molecule has 0 saturated heterocycles. The number of hydrogen-bond acceptors (Lipinski definition) is 5. The standard InChI is InChI=1S/C12H14O5/c1-8(14)17-11-9(4-3-7-13)5-6-10(15)12(11)16-2/h3-6,13,15H,7H2,1-2H3/b4-3+. The third kappa shape index (κ3) is 3.22. The number of rotatable bonds is 4. The zero-order valence-electron chi connectivity index (χ0n) is 9.64. The summed E-state index contributed by atoms with van der Waals surface area (Å²) in [6.45, 7) is 1.12. The fraction of sp³-hybridized carbons (Fsp3) is 0.250. The van der Waals surface area contributed by atoms with Crippen molar-refractivity contribution in [2.75, 3.05) is 13.7 Å². The van der Waals surface area contributed by atoms with Crippen molar-refractivity contribution in [1.29, 1.82) is 0 Å². The van der Waals surface area contributed by atoms with Gasteiger partial charge < -0.3 is 19.7 Å². The van der Waals surface area contributed by atoms with E-state index in [1.54, 1.807) is 12.1 Å². The molecule has 0 aromatic heterocycles. The van der Waals surface area contributed by atoms with Crippen LogP contribution < -0.4 is 9.47 Å². The molecule has 1 aromatic carbocycles. The summed E-state index contributed by atoms with van der Waals surface area (Å²) in [7, 11) is 1.36. The van der Waals surface area contributed by atoms with E-state index in [1.165, 1.54) is 26.2 Å². The summed E-state index contributed by atoms with van der Waals surface area (Å²) in [5.74, 6) is -0.428. The van der Waals surface area contributed by atoms with Crippen LogP contribution in [0.2, 0.25) is 0 Å². The Morgan fingerprint density at radius 3 is 2.65 bits per heavy atom. The molecule has 92 valence electrons. The molecule has 1 aromatic rings. The zero-order chi connectivity index (χ0) is 12.8. The van der Waals surface area contributed by atoms with Crippen molar-refractivity contribution in [2.45, 2.75) is 6.92 Å². The average molecular weight is 238 g/mol. The number of aliphatic hydroxyl groups excluding tert-OH is 1. The van der Waals surface area contributed by atoms with Gasteiger partial charge in [0.15, 0.2) is 11.5 Å². The Kier molecular flexibility index (Phi) is 4.54. The maximum absolute atomic E-state index is 11.0. The normalized spacial score (nSPS) is 10.5. The minimum Gasteiger partial charge on any atom is -0.504 e. The molecule has 0 aliphatic heterocycles. The van der Waals surface area contributed by atoms with Gasteiger partial charge in [0.1, 0.15) is 0 Å². The van der Waals surface area contributed by atoms with E-state index in [9.17, 15) is 9.90 Å². The van der Waals surface area contributed by atoms with Crippen molar-refractivity contribution >= 4 is 12.0 Å². The smallest absolute Gasteiger partial charge is 0.308 e. The lowest BCUT2D eigenvalue weighted by molar-refractivity contribution is -0.132. The predicted molar refractivity (Wildman–Crippen MR) is 62.1 cm³/mol. The maximum atomic E-state index is 11.0. The molecule has 1 rings (SSSR count). The molecule has 5 nitrogen and oxygen atoms in total. The molecule has 5 heteroatoms. The van der Waals surface area contributed by atoms with Gasteiger partial charge in [-0.15, -0.1) is 0 Å². The summed E-state index contributed by atoms with van der Waals surface area (Å²) in [5.41, 5.74) is 0.531. The molecule has 0 radical (unpaired) electrons. The molecule has 0 bridgehead atoms. The highest BCUT2D eigenvalue weighted by molar-refractivity contribution is 5.75. The van der Waals surface area contributed by atoms with Crippen LogP contribution in [-0.4, -0.2) is 29.9 Å². The quantitative estimate of drug-likeness (QED) is 0.611. The molecule has 0 heterocycles. The number of benzene rings is 1. The first-order valence-corrected chi connectivity index (χ1v) is 4.96. The molecule has 0 amide bonds. The molecule has 0 fully saturated rings. The van der Waals surface area contributed by atoms with Crippen molar-refractivity contribution in [3.05, 3.63) is 23.8 Å². The van der Waals surface area contributed by atoms with Gasteiger partial charge in [-0.05, 0) is 12.1 Å². The number of hydrogen-bond donors (Lipinski definition) is 2. The van der Waals surface area contributed by atoms with Crippen molar-refractivity contribution in [3.8, 4) is 17.2 Å². The van der Waals surface area contributed by atoms with Gasteiger partial charge in [-0.25, -0.2) is 0 Å². The van der Waals surface area contributed by atoms with Gasteiger partial charge in [-0.3, -0.25) is 4.79 Å². The molecule has 0 aliphatic rings. The first-order chi connectivity index (χ1) is 8.10. The summed E-state index contributed by atoms with van der Waals surface area (Å²) in [6.07, 6.45) is 3.05. The number of carbonyl (C=O) groups is 1. The predicted octanol–water partition coefficient (Wildman–Crippen LogP) is 1.33. The van der Waals surface area contributed by atoms with Crippen molar-refractivity contribution in [3.63, 3.8) is 0 Å². The lowest BCUT2D eigenvalue weighted by atomic mass is 10.1. The monoisotopic (exact) mass is 238 g/mol. The Labute approximate surface area is 98.9 Å². The van der Waals surface area contributed by atoms with E-state index in [-0.39, 0.29) is 23.9 Å². The average Bonchev–Trinajstić information content (AvgIpc) is 2.28. The van der Waals surface area contributed by atoms with Crippen molar-refractivity contribution in [1.82, 2.24) is 0 Å². The largest absolute Gasteiger partial charge is 0.504 e. The first-order valence-electron chi connectivity index (χ1n) is 4.96. The van der Waals surface area contributed by atoms with E-state index < -0.39 is 5.97 Å². The van der Waals surface area contributed by atoms with Gasteiger partial charge in [-0.2, -0.15) is 0 Å². The summed E-state index contributed by atoms with van der Waals surface area (Å²) in [6, 6.07) is 2.98. The summed E-state index contributed by atoms with van der Waals surface area (Å²) < 4.78 is 9.96. The van der Waals surface area contributed by atoms with Crippen molar-refractivity contribution < 1.29 is 24.5 Å². The maximum Gasteiger partial charge on any atom is 0.308 e. The van der Waals surface area contributed by atoms with Gasteiger partial charge in [0, 0.05) is 12.5 Å². The van der Waals surface area contributed by atoms with Crippen LogP contribution in [0.25, 0.3) is 6.08 Å². The van der Waals surface area contributed by atoms with E-state index >= 15 is 0 Å². The van der Waals surface area contributed by atoms with Gasteiger partial charge in [-0.1, -0.05) is 12.2 Å². The Morgan fingerprint density at radius 1 is 1.41 bits per heavy atom. The number of aromatic hydroxyl groups is 1. The van der Waals surface area contributed by atoms with E-state index in [1.807, 2.05) is 0 Å². The number of phenolic OH excluding ortho intramolecular Hbond substituents is 1. The summed E-state index contributed by atoms with van der Waals surface area (Å²) >= 11 is 0. The number of aliphatic hydroxyl groups is 1. The fourth-order valence-electron chi connectivity index (χ4n) is 1.32. The molecular weight excluding hydrogens is 224 g/mol. The van der Waals surface area contributed by atoms with Crippen LogP contribution in [0.1, 0.15) is 12.5 Å².